The number of halogens is 1. The van der Waals surface area contributed by atoms with E-state index in [1.165, 1.54) is 12.1 Å². The molecule has 0 bridgehead atoms. The van der Waals surface area contributed by atoms with Crippen molar-refractivity contribution in [3.05, 3.63) is 91.7 Å². The van der Waals surface area contributed by atoms with Crippen molar-refractivity contribution >= 4 is 28.6 Å². The van der Waals surface area contributed by atoms with E-state index in [1.807, 2.05) is 29.0 Å². The number of hydrogen-bond donors (Lipinski definition) is 1. The van der Waals surface area contributed by atoms with Crippen LogP contribution in [0.1, 0.15) is 57.6 Å². The first-order valence-electron chi connectivity index (χ1n) is 12.3. The van der Waals surface area contributed by atoms with Crippen molar-refractivity contribution in [2.24, 2.45) is 0 Å². The fraction of sp³-hybridized carbons (Fsp3) is 0.345. The molecule has 0 aliphatic rings. The normalized spacial score (nSPS) is 11.5. The molecule has 3 heterocycles. The number of rotatable bonds is 12. The van der Waals surface area contributed by atoms with Crippen molar-refractivity contribution in [1.82, 2.24) is 9.88 Å². The third-order valence-corrected chi connectivity index (χ3v) is 8.10. The number of hydrogen-bond acceptors (Lipinski definition) is 5. The first kappa shape index (κ1) is 27.3. The zero-order valence-electron chi connectivity index (χ0n) is 21.6. The maximum Gasteiger partial charge on any atom is 0.253 e. The van der Waals surface area contributed by atoms with Gasteiger partial charge in [-0.05, 0) is 64.2 Å². The van der Waals surface area contributed by atoms with Crippen LogP contribution in [-0.4, -0.2) is 31.0 Å². The first-order valence-corrected chi connectivity index (χ1v) is 14.1. The van der Waals surface area contributed by atoms with E-state index in [4.69, 9.17) is 9.47 Å². The van der Waals surface area contributed by atoms with Crippen LogP contribution in [-0.2, 0) is 29.0 Å². The van der Waals surface area contributed by atoms with Crippen LogP contribution in [0.15, 0.2) is 59.3 Å². The zero-order valence-corrected chi connectivity index (χ0v) is 23.3. The van der Waals surface area contributed by atoms with Gasteiger partial charge in [-0.15, -0.1) is 22.7 Å². The van der Waals surface area contributed by atoms with Gasteiger partial charge in [-0.3, -0.25) is 4.79 Å². The number of thiophene rings is 2. The van der Waals surface area contributed by atoms with E-state index < -0.39 is 0 Å². The number of carbonyl (C=O) groups excluding carboxylic acids is 1. The van der Waals surface area contributed by atoms with Gasteiger partial charge in [0.2, 0.25) is 0 Å². The average molecular weight is 541 g/mol. The Balaban J connectivity index is 1.89. The van der Waals surface area contributed by atoms with Crippen molar-refractivity contribution in [3.63, 3.8) is 0 Å². The van der Waals surface area contributed by atoms with Crippen molar-refractivity contribution in [3.8, 4) is 11.3 Å². The molecule has 4 rings (SSSR count). The number of benzene rings is 1. The SMILES string of the molecule is COC(CCn1c(-c2ccc(F)cc2)c(Cc2cccs2)c(C(=O)NCc2cccs2)c1C(C)C)OC. The molecule has 0 aliphatic carbocycles. The summed E-state index contributed by atoms with van der Waals surface area (Å²) in [6.07, 6.45) is 0.835. The first-order chi connectivity index (χ1) is 17.9. The van der Waals surface area contributed by atoms with Crippen molar-refractivity contribution in [2.75, 3.05) is 14.2 Å². The number of methoxy groups -OCH3 is 2. The standard InChI is InChI=1S/C29H33FN2O3S2/c1-19(2)27-26(29(33)31-18-23-8-6-16-37-23)24(17-22-7-5-15-36-22)28(20-9-11-21(30)12-10-20)32(27)14-13-25(34-3)35-4/h5-12,15-16,19,25H,13-14,17-18H2,1-4H3,(H,31,33). The van der Waals surface area contributed by atoms with Gasteiger partial charge >= 0.3 is 0 Å². The van der Waals surface area contributed by atoms with Crippen LogP contribution in [0.3, 0.4) is 0 Å². The van der Waals surface area contributed by atoms with Crippen LogP contribution in [0.5, 0.6) is 0 Å². The van der Waals surface area contributed by atoms with Crippen LogP contribution in [0.25, 0.3) is 11.3 Å². The van der Waals surface area contributed by atoms with Gasteiger partial charge in [0.25, 0.3) is 5.91 Å². The monoisotopic (exact) mass is 540 g/mol. The average Bonchev–Trinajstić information content (AvgIpc) is 3.65. The molecule has 4 aromatic rings. The van der Waals surface area contributed by atoms with Gasteiger partial charge in [0.15, 0.2) is 6.29 Å². The molecular weight excluding hydrogens is 507 g/mol. The Morgan fingerprint density at radius 1 is 1.00 bits per heavy atom. The minimum atomic E-state index is -0.375. The summed E-state index contributed by atoms with van der Waals surface area (Å²) in [6.45, 7) is 5.27. The highest BCUT2D eigenvalue weighted by Crippen LogP contribution is 2.38. The molecule has 1 N–H and O–H groups in total. The lowest BCUT2D eigenvalue weighted by Gasteiger charge is -2.20. The van der Waals surface area contributed by atoms with Gasteiger partial charge in [-0.1, -0.05) is 26.0 Å². The zero-order chi connectivity index (χ0) is 26.4. The molecule has 1 aromatic carbocycles. The molecule has 5 nitrogen and oxygen atoms in total. The smallest absolute Gasteiger partial charge is 0.253 e. The van der Waals surface area contributed by atoms with Gasteiger partial charge in [-0.25, -0.2) is 4.39 Å². The van der Waals surface area contributed by atoms with Crippen molar-refractivity contribution < 1.29 is 18.7 Å². The van der Waals surface area contributed by atoms with E-state index in [0.717, 1.165) is 32.3 Å². The number of carbonyl (C=O) groups is 1. The van der Waals surface area contributed by atoms with E-state index in [9.17, 15) is 9.18 Å². The highest BCUT2D eigenvalue weighted by Gasteiger charge is 2.30. The molecule has 0 fully saturated rings. The Kier molecular flexibility index (Phi) is 9.32. The predicted octanol–water partition coefficient (Wildman–Crippen LogP) is 7.07. The lowest BCUT2D eigenvalue weighted by Crippen LogP contribution is -2.25. The van der Waals surface area contributed by atoms with E-state index in [-0.39, 0.29) is 23.9 Å². The molecule has 0 saturated carbocycles. The maximum absolute atomic E-state index is 13.9. The summed E-state index contributed by atoms with van der Waals surface area (Å²) < 4.78 is 27.1. The highest BCUT2D eigenvalue weighted by molar-refractivity contribution is 7.10. The highest BCUT2D eigenvalue weighted by atomic mass is 32.1. The largest absolute Gasteiger partial charge is 0.356 e. The van der Waals surface area contributed by atoms with Gasteiger partial charge in [0, 0.05) is 49.1 Å². The summed E-state index contributed by atoms with van der Waals surface area (Å²) in [5.41, 5.74) is 4.42. The number of nitrogens with one attached hydrogen (secondary N) is 1. The van der Waals surface area contributed by atoms with Crippen LogP contribution in [0.2, 0.25) is 0 Å². The number of aromatic nitrogens is 1. The van der Waals surface area contributed by atoms with E-state index in [1.54, 1.807) is 49.0 Å². The van der Waals surface area contributed by atoms with Gasteiger partial charge in [0.1, 0.15) is 5.82 Å². The third kappa shape index (κ3) is 6.38. The second-order valence-electron chi connectivity index (χ2n) is 9.11. The fourth-order valence-electron chi connectivity index (χ4n) is 4.71. The molecule has 0 radical (unpaired) electrons. The van der Waals surface area contributed by atoms with Crippen LogP contribution in [0, 0.1) is 5.82 Å². The lowest BCUT2D eigenvalue weighted by atomic mass is 9.97. The van der Waals surface area contributed by atoms with E-state index >= 15 is 0 Å². The third-order valence-electron chi connectivity index (χ3n) is 6.34. The summed E-state index contributed by atoms with van der Waals surface area (Å²) in [7, 11) is 3.25. The minimum Gasteiger partial charge on any atom is -0.356 e. The predicted molar refractivity (Wildman–Crippen MR) is 149 cm³/mol. The van der Waals surface area contributed by atoms with Crippen molar-refractivity contribution in [2.45, 2.75) is 52.0 Å². The Hall–Kier alpha value is -2.78. The second kappa shape index (κ2) is 12.6. The Labute approximate surface area is 225 Å². The van der Waals surface area contributed by atoms with Crippen LogP contribution in [0.4, 0.5) is 4.39 Å². The number of amides is 1. The molecule has 8 heteroatoms. The van der Waals surface area contributed by atoms with Crippen LogP contribution < -0.4 is 5.32 Å². The molecule has 1 amide bonds. The minimum absolute atomic E-state index is 0.0716. The molecule has 0 spiro atoms. The van der Waals surface area contributed by atoms with Crippen LogP contribution >= 0.6 is 22.7 Å². The molecule has 0 saturated heterocycles. The quantitative estimate of drug-likeness (QED) is 0.196. The molecule has 37 heavy (non-hydrogen) atoms. The molecule has 0 unspecified atom stereocenters. The van der Waals surface area contributed by atoms with E-state index in [2.05, 4.69) is 29.8 Å². The summed E-state index contributed by atoms with van der Waals surface area (Å²) in [6, 6.07) is 14.6. The fourth-order valence-corrected chi connectivity index (χ4v) is 6.07. The Morgan fingerprint density at radius 3 is 2.22 bits per heavy atom. The summed E-state index contributed by atoms with van der Waals surface area (Å²) in [5.74, 6) is -0.318. The number of ether oxygens (including phenoxy) is 2. The topological polar surface area (TPSA) is 52.5 Å². The molecule has 3 aromatic heterocycles. The number of nitrogens with zero attached hydrogens (tertiary/aromatic N) is 1. The van der Waals surface area contributed by atoms with E-state index in [0.29, 0.717) is 31.5 Å². The maximum atomic E-state index is 13.9. The van der Waals surface area contributed by atoms with Gasteiger partial charge in [-0.2, -0.15) is 0 Å². The Bertz CT molecular complexity index is 1280. The van der Waals surface area contributed by atoms with Gasteiger partial charge in [0.05, 0.1) is 17.8 Å². The summed E-state index contributed by atoms with van der Waals surface area (Å²) in [4.78, 5) is 16.1. The summed E-state index contributed by atoms with van der Waals surface area (Å²) in [5, 5.41) is 7.21. The van der Waals surface area contributed by atoms with Crippen molar-refractivity contribution in [1.29, 1.82) is 0 Å². The van der Waals surface area contributed by atoms with Gasteiger partial charge < -0.3 is 19.4 Å². The lowest BCUT2D eigenvalue weighted by molar-refractivity contribution is -0.108. The molecular formula is C29H33FN2O3S2. The second-order valence-corrected chi connectivity index (χ2v) is 11.2. The molecule has 196 valence electrons. The Morgan fingerprint density at radius 2 is 1.65 bits per heavy atom. The molecule has 0 atom stereocenters. The summed E-state index contributed by atoms with van der Waals surface area (Å²) >= 11 is 3.29. The molecule has 0 aliphatic heterocycles.